The summed E-state index contributed by atoms with van der Waals surface area (Å²) in [6.07, 6.45) is 2.78. The molecule has 0 radical (unpaired) electrons. The minimum Gasteiger partial charge on any atom is -0.497 e. The topological polar surface area (TPSA) is 49.8 Å². The maximum atomic E-state index is 11.0. The Bertz CT molecular complexity index is 426. The number of methoxy groups -OCH3 is 1. The third-order valence-corrected chi connectivity index (χ3v) is 2.34. The summed E-state index contributed by atoms with van der Waals surface area (Å²) in [6, 6.07) is 5.39. The number of amides is 1. The number of nitrogens with zero attached hydrogens (tertiary/aromatic N) is 1. The van der Waals surface area contributed by atoms with Crippen LogP contribution in [0.5, 0.6) is 5.75 Å². The first kappa shape index (κ1) is 9.58. The monoisotopic (exact) mass is 205 g/mol. The molecule has 15 heavy (non-hydrogen) atoms. The quantitative estimate of drug-likeness (QED) is 0.764. The van der Waals surface area contributed by atoms with Gasteiger partial charge in [-0.15, -0.1) is 0 Å². The first-order valence-electron chi connectivity index (χ1n) is 4.57. The maximum Gasteiger partial charge on any atom is 0.412 e. The summed E-state index contributed by atoms with van der Waals surface area (Å²) in [5, 5.41) is 9.00. The van der Waals surface area contributed by atoms with E-state index in [0.29, 0.717) is 18.0 Å². The number of hydrogen-bond acceptors (Lipinski definition) is 2. The van der Waals surface area contributed by atoms with Crippen LogP contribution in [0.4, 0.5) is 10.5 Å². The third-order valence-electron chi connectivity index (χ3n) is 2.34. The van der Waals surface area contributed by atoms with Crippen LogP contribution in [-0.2, 0) is 0 Å². The minimum absolute atomic E-state index is 0.384. The molecular weight excluding hydrogens is 194 g/mol. The smallest absolute Gasteiger partial charge is 0.412 e. The highest BCUT2D eigenvalue weighted by Gasteiger charge is 2.19. The molecule has 0 fully saturated rings. The molecule has 0 spiro atoms. The van der Waals surface area contributed by atoms with Gasteiger partial charge in [-0.1, -0.05) is 12.2 Å². The molecule has 0 saturated carbocycles. The average molecular weight is 205 g/mol. The van der Waals surface area contributed by atoms with Gasteiger partial charge in [-0.25, -0.2) is 4.79 Å². The van der Waals surface area contributed by atoms with Gasteiger partial charge in [0.25, 0.3) is 0 Å². The Morgan fingerprint density at radius 2 is 2.33 bits per heavy atom. The fourth-order valence-corrected chi connectivity index (χ4v) is 1.59. The van der Waals surface area contributed by atoms with E-state index in [9.17, 15) is 4.79 Å². The Hall–Kier alpha value is -1.97. The summed E-state index contributed by atoms with van der Waals surface area (Å²) in [5.41, 5.74) is 1.56. The largest absolute Gasteiger partial charge is 0.497 e. The lowest BCUT2D eigenvalue weighted by Gasteiger charge is -2.23. The van der Waals surface area contributed by atoms with Gasteiger partial charge in [0.05, 0.1) is 12.8 Å². The van der Waals surface area contributed by atoms with Crippen LogP contribution in [0.3, 0.4) is 0 Å². The normalized spacial score (nSPS) is 13.5. The summed E-state index contributed by atoms with van der Waals surface area (Å²) < 4.78 is 5.06. The van der Waals surface area contributed by atoms with Gasteiger partial charge in [-0.3, -0.25) is 4.90 Å². The van der Waals surface area contributed by atoms with Crippen LogP contribution < -0.4 is 9.64 Å². The zero-order chi connectivity index (χ0) is 10.8. The van der Waals surface area contributed by atoms with Crippen molar-refractivity contribution >= 4 is 17.9 Å². The van der Waals surface area contributed by atoms with E-state index in [1.54, 1.807) is 13.2 Å². The molecule has 1 aromatic carbocycles. The summed E-state index contributed by atoms with van der Waals surface area (Å²) in [6.45, 7) is 0.384. The van der Waals surface area contributed by atoms with Gasteiger partial charge in [-0.05, 0) is 17.7 Å². The SMILES string of the molecule is COc1ccc2c(c1)N(C(=O)O)CC=C2. The van der Waals surface area contributed by atoms with Crippen molar-refractivity contribution in [2.45, 2.75) is 0 Å². The number of ether oxygens (including phenoxy) is 1. The van der Waals surface area contributed by atoms with Crippen molar-refractivity contribution in [3.05, 3.63) is 29.8 Å². The van der Waals surface area contributed by atoms with E-state index in [4.69, 9.17) is 9.84 Å². The molecule has 1 amide bonds. The van der Waals surface area contributed by atoms with Crippen molar-refractivity contribution in [1.29, 1.82) is 0 Å². The number of carbonyl (C=O) groups is 1. The Morgan fingerprint density at radius 3 is 3.00 bits per heavy atom. The van der Waals surface area contributed by atoms with E-state index in [1.165, 1.54) is 4.90 Å². The summed E-state index contributed by atoms with van der Waals surface area (Å²) in [4.78, 5) is 12.3. The minimum atomic E-state index is -0.950. The van der Waals surface area contributed by atoms with Gasteiger partial charge in [0.1, 0.15) is 5.75 Å². The van der Waals surface area contributed by atoms with Crippen LogP contribution in [0, 0.1) is 0 Å². The van der Waals surface area contributed by atoms with E-state index >= 15 is 0 Å². The van der Waals surface area contributed by atoms with Crippen molar-refractivity contribution < 1.29 is 14.6 Å². The van der Waals surface area contributed by atoms with Crippen molar-refractivity contribution in [2.75, 3.05) is 18.6 Å². The number of rotatable bonds is 1. The highest BCUT2D eigenvalue weighted by atomic mass is 16.5. The van der Waals surface area contributed by atoms with Crippen LogP contribution in [0.2, 0.25) is 0 Å². The van der Waals surface area contributed by atoms with Gasteiger partial charge in [0.2, 0.25) is 0 Å². The zero-order valence-corrected chi connectivity index (χ0v) is 8.30. The summed E-state index contributed by atoms with van der Waals surface area (Å²) >= 11 is 0. The first-order valence-corrected chi connectivity index (χ1v) is 4.57. The lowest BCUT2D eigenvalue weighted by Crippen LogP contribution is -2.31. The standard InChI is InChI=1S/C11H11NO3/c1-15-9-5-4-8-3-2-6-12(11(13)14)10(8)7-9/h2-5,7H,6H2,1H3,(H,13,14). The van der Waals surface area contributed by atoms with E-state index in [2.05, 4.69) is 0 Å². The molecule has 0 unspecified atom stereocenters. The van der Waals surface area contributed by atoms with E-state index in [-0.39, 0.29) is 0 Å². The van der Waals surface area contributed by atoms with Gasteiger partial charge in [0, 0.05) is 12.6 Å². The molecule has 1 aliphatic rings. The van der Waals surface area contributed by atoms with Crippen molar-refractivity contribution in [1.82, 2.24) is 0 Å². The Balaban J connectivity index is 2.49. The Morgan fingerprint density at radius 1 is 1.53 bits per heavy atom. The van der Waals surface area contributed by atoms with Gasteiger partial charge < -0.3 is 9.84 Å². The highest BCUT2D eigenvalue weighted by Crippen LogP contribution is 2.29. The Labute approximate surface area is 87.4 Å². The zero-order valence-electron chi connectivity index (χ0n) is 8.30. The predicted octanol–water partition coefficient (Wildman–Crippen LogP) is 2.21. The molecule has 1 aliphatic heterocycles. The number of carboxylic acid groups (broad SMARTS) is 1. The first-order chi connectivity index (χ1) is 7.22. The molecule has 0 atom stereocenters. The maximum absolute atomic E-state index is 11.0. The molecule has 2 rings (SSSR count). The fourth-order valence-electron chi connectivity index (χ4n) is 1.59. The van der Waals surface area contributed by atoms with E-state index in [1.807, 2.05) is 24.3 Å². The summed E-state index contributed by atoms with van der Waals surface area (Å²) in [5.74, 6) is 0.662. The van der Waals surface area contributed by atoms with Crippen LogP contribution >= 0.6 is 0 Å². The number of anilines is 1. The number of fused-ring (bicyclic) bond motifs is 1. The second-order valence-corrected chi connectivity index (χ2v) is 3.22. The summed E-state index contributed by atoms with van der Waals surface area (Å²) in [7, 11) is 1.56. The van der Waals surface area contributed by atoms with Crippen molar-refractivity contribution in [3.63, 3.8) is 0 Å². The molecule has 4 nitrogen and oxygen atoms in total. The number of hydrogen-bond donors (Lipinski definition) is 1. The molecule has 78 valence electrons. The number of benzene rings is 1. The average Bonchev–Trinajstić information content (AvgIpc) is 2.27. The van der Waals surface area contributed by atoms with Crippen molar-refractivity contribution in [2.24, 2.45) is 0 Å². The van der Waals surface area contributed by atoms with Gasteiger partial charge in [-0.2, -0.15) is 0 Å². The predicted molar refractivity (Wildman–Crippen MR) is 57.4 cm³/mol. The fraction of sp³-hybridized carbons (Fsp3) is 0.182. The third kappa shape index (κ3) is 1.66. The second-order valence-electron chi connectivity index (χ2n) is 3.22. The van der Waals surface area contributed by atoms with Crippen LogP contribution in [0.25, 0.3) is 6.08 Å². The highest BCUT2D eigenvalue weighted by molar-refractivity contribution is 5.91. The van der Waals surface area contributed by atoms with E-state index in [0.717, 1.165) is 5.56 Å². The Kier molecular flexibility index (Phi) is 2.33. The lowest BCUT2D eigenvalue weighted by atomic mass is 10.1. The van der Waals surface area contributed by atoms with Crippen LogP contribution in [-0.4, -0.2) is 24.9 Å². The molecule has 0 bridgehead atoms. The molecule has 0 aromatic heterocycles. The molecular formula is C11H11NO3. The van der Waals surface area contributed by atoms with Gasteiger partial charge >= 0.3 is 6.09 Å². The van der Waals surface area contributed by atoms with Crippen LogP contribution in [0.1, 0.15) is 5.56 Å². The van der Waals surface area contributed by atoms with Gasteiger partial charge in [0.15, 0.2) is 0 Å². The molecule has 4 heteroatoms. The van der Waals surface area contributed by atoms with Crippen molar-refractivity contribution in [3.8, 4) is 5.75 Å². The van der Waals surface area contributed by atoms with Crippen LogP contribution in [0.15, 0.2) is 24.3 Å². The molecule has 1 N–H and O–H groups in total. The van der Waals surface area contributed by atoms with E-state index < -0.39 is 6.09 Å². The molecule has 0 aliphatic carbocycles. The molecule has 1 heterocycles. The molecule has 0 saturated heterocycles. The lowest BCUT2D eigenvalue weighted by molar-refractivity contribution is 0.202. The molecule has 1 aromatic rings. The second kappa shape index (κ2) is 3.65.